The van der Waals surface area contributed by atoms with Crippen molar-refractivity contribution in [3.05, 3.63) is 53.6 Å². The summed E-state index contributed by atoms with van der Waals surface area (Å²) in [7, 11) is 4.55. The predicted octanol–water partition coefficient (Wildman–Crippen LogP) is 2.73. The van der Waals surface area contributed by atoms with E-state index in [9.17, 15) is 9.59 Å². The number of rotatable bonds is 6. The first-order valence-electron chi connectivity index (χ1n) is 9.43. The van der Waals surface area contributed by atoms with Crippen LogP contribution in [0.25, 0.3) is 0 Å². The molecule has 0 bridgehead atoms. The molecule has 1 atom stereocenters. The Morgan fingerprint density at radius 3 is 2.38 bits per heavy atom. The van der Waals surface area contributed by atoms with Crippen LogP contribution in [0.3, 0.4) is 0 Å². The third-order valence-electron chi connectivity index (χ3n) is 5.22. The summed E-state index contributed by atoms with van der Waals surface area (Å²) in [5.41, 5.74) is 2.26. The fourth-order valence-corrected chi connectivity index (χ4v) is 3.48. The molecule has 2 aromatic rings. The second-order valence-electron chi connectivity index (χ2n) is 6.86. The van der Waals surface area contributed by atoms with E-state index >= 15 is 0 Å². The van der Waals surface area contributed by atoms with E-state index in [-0.39, 0.29) is 17.9 Å². The van der Waals surface area contributed by atoms with E-state index in [4.69, 9.17) is 14.2 Å². The van der Waals surface area contributed by atoms with Gasteiger partial charge in [-0.15, -0.1) is 0 Å². The van der Waals surface area contributed by atoms with E-state index in [2.05, 4.69) is 4.90 Å². The van der Waals surface area contributed by atoms with Crippen LogP contribution in [-0.2, 0) is 16.1 Å². The van der Waals surface area contributed by atoms with E-state index in [1.165, 1.54) is 7.11 Å². The summed E-state index contributed by atoms with van der Waals surface area (Å²) in [6.45, 7) is 3.79. The first-order chi connectivity index (χ1) is 14.0. The number of carbonyl (C=O) groups is 2. The number of amides is 1. The van der Waals surface area contributed by atoms with Crippen LogP contribution in [0.2, 0.25) is 0 Å². The minimum Gasteiger partial charge on any atom is -0.497 e. The highest BCUT2D eigenvalue weighted by Crippen LogP contribution is 2.34. The van der Waals surface area contributed by atoms with Crippen molar-refractivity contribution in [1.82, 2.24) is 4.90 Å². The number of carbonyl (C=O) groups excluding carboxylic acids is 2. The second-order valence-corrected chi connectivity index (χ2v) is 6.86. The lowest BCUT2D eigenvalue weighted by Gasteiger charge is -2.39. The molecular formula is C22H26N2O5. The van der Waals surface area contributed by atoms with Crippen LogP contribution in [0, 0.1) is 0 Å². The summed E-state index contributed by atoms with van der Waals surface area (Å²) in [6, 6.07) is 12.4. The molecule has 0 unspecified atom stereocenters. The number of piperazine rings is 1. The second kappa shape index (κ2) is 8.96. The summed E-state index contributed by atoms with van der Waals surface area (Å²) in [6.07, 6.45) is 0. The number of ether oxygens (including phenoxy) is 3. The highest BCUT2D eigenvalue weighted by molar-refractivity contribution is 5.99. The van der Waals surface area contributed by atoms with E-state index in [1.807, 2.05) is 31.2 Å². The number of esters is 1. The topological polar surface area (TPSA) is 68.3 Å². The van der Waals surface area contributed by atoms with Crippen LogP contribution < -0.4 is 14.4 Å². The Kier molecular flexibility index (Phi) is 6.39. The van der Waals surface area contributed by atoms with Crippen LogP contribution in [0.15, 0.2) is 42.5 Å². The number of hydrogen-bond donors (Lipinski definition) is 0. The highest BCUT2D eigenvalue weighted by atomic mass is 16.5. The molecule has 154 valence electrons. The smallest absolute Gasteiger partial charge is 0.337 e. The standard InChI is InChI=1S/C22H26N2O5/c1-15-21(25)24(19-13-18(27-2)9-10-20(19)28-3)12-11-23(15)14-16-5-7-17(8-6-16)22(26)29-4/h5-10,13,15H,11-12,14H2,1-4H3/t15-/m0/s1. The molecule has 1 fully saturated rings. The quantitative estimate of drug-likeness (QED) is 0.697. The monoisotopic (exact) mass is 398 g/mol. The SMILES string of the molecule is COC(=O)c1ccc(CN2CCN(c3cc(OC)ccc3OC)C(=O)[C@@H]2C)cc1. The van der Waals surface area contributed by atoms with Gasteiger partial charge in [0.15, 0.2) is 0 Å². The lowest BCUT2D eigenvalue weighted by atomic mass is 10.1. The van der Waals surface area contributed by atoms with Gasteiger partial charge in [0.05, 0.1) is 38.6 Å². The summed E-state index contributed by atoms with van der Waals surface area (Å²) >= 11 is 0. The van der Waals surface area contributed by atoms with Crippen molar-refractivity contribution in [3.8, 4) is 11.5 Å². The van der Waals surface area contributed by atoms with Crippen molar-refractivity contribution in [3.63, 3.8) is 0 Å². The first kappa shape index (κ1) is 20.7. The van der Waals surface area contributed by atoms with E-state index in [0.717, 1.165) is 5.56 Å². The van der Waals surface area contributed by atoms with Crippen LogP contribution in [-0.4, -0.2) is 57.2 Å². The number of hydrogen-bond acceptors (Lipinski definition) is 6. The average Bonchev–Trinajstić information content (AvgIpc) is 2.76. The Labute approximate surface area is 170 Å². The van der Waals surface area contributed by atoms with Gasteiger partial charge < -0.3 is 19.1 Å². The summed E-state index contributed by atoms with van der Waals surface area (Å²) in [5, 5.41) is 0. The average molecular weight is 398 g/mol. The molecule has 7 heteroatoms. The molecule has 2 aromatic carbocycles. The number of anilines is 1. The molecule has 29 heavy (non-hydrogen) atoms. The van der Waals surface area contributed by atoms with E-state index in [1.54, 1.807) is 37.3 Å². The van der Waals surface area contributed by atoms with Crippen molar-refractivity contribution < 1.29 is 23.8 Å². The van der Waals surface area contributed by atoms with Crippen LogP contribution in [0.4, 0.5) is 5.69 Å². The van der Waals surface area contributed by atoms with Gasteiger partial charge in [-0.3, -0.25) is 9.69 Å². The zero-order chi connectivity index (χ0) is 21.0. The molecule has 1 saturated heterocycles. The Balaban J connectivity index is 1.74. The molecule has 1 aliphatic rings. The molecule has 7 nitrogen and oxygen atoms in total. The van der Waals surface area contributed by atoms with Crippen molar-refractivity contribution in [2.75, 3.05) is 39.3 Å². The van der Waals surface area contributed by atoms with Crippen LogP contribution in [0.1, 0.15) is 22.8 Å². The molecule has 1 heterocycles. The Hall–Kier alpha value is -3.06. The third kappa shape index (κ3) is 4.35. The molecule has 1 aliphatic heterocycles. The van der Waals surface area contributed by atoms with Gasteiger partial charge in [-0.05, 0) is 36.8 Å². The number of nitrogens with zero attached hydrogens (tertiary/aromatic N) is 2. The van der Waals surface area contributed by atoms with Crippen LogP contribution in [0.5, 0.6) is 11.5 Å². The first-order valence-corrected chi connectivity index (χ1v) is 9.43. The van der Waals surface area contributed by atoms with Gasteiger partial charge in [-0.2, -0.15) is 0 Å². The molecule has 0 saturated carbocycles. The largest absolute Gasteiger partial charge is 0.497 e. The molecule has 3 rings (SSSR count). The predicted molar refractivity (Wildman–Crippen MR) is 110 cm³/mol. The van der Waals surface area contributed by atoms with Gasteiger partial charge >= 0.3 is 5.97 Å². The molecule has 0 aliphatic carbocycles. The molecule has 1 amide bonds. The fourth-order valence-electron chi connectivity index (χ4n) is 3.48. The third-order valence-corrected chi connectivity index (χ3v) is 5.22. The van der Waals surface area contributed by atoms with E-state index in [0.29, 0.717) is 42.4 Å². The van der Waals surface area contributed by atoms with Gasteiger partial charge in [0.1, 0.15) is 11.5 Å². The van der Waals surface area contributed by atoms with Crippen molar-refractivity contribution in [2.24, 2.45) is 0 Å². The van der Waals surface area contributed by atoms with Crippen molar-refractivity contribution in [2.45, 2.75) is 19.5 Å². The maximum Gasteiger partial charge on any atom is 0.337 e. The van der Waals surface area contributed by atoms with Gasteiger partial charge in [-0.25, -0.2) is 4.79 Å². The zero-order valence-electron chi connectivity index (χ0n) is 17.2. The highest BCUT2D eigenvalue weighted by Gasteiger charge is 2.33. The minimum atomic E-state index is -0.360. The molecule has 0 spiro atoms. The van der Waals surface area contributed by atoms with Crippen molar-refractivity contribution >= 4 is 17.6 Å². The lowest BCUT2D eigenvalue weighted by Crippen LogP contribution is -2.55. The normalized spacial score (nSPS) is 17.2. The Morgan fingerprint density at radius 2 is 1.76 bits per heavy atom. The summed E-state index contributed by atoms with van der Waals surface area (Å²) < 4.78 is 15.5. The molecule has 0 N–H and O–H groups in total. The van der Waals surface area contributed by atoms with Gasteiger partial charge in [0.25, 0.3) is 0 Å². The number of benzene rings is 2. The molecule has 0 aromatic heterocycles. The summed E-state index contributed by atoms with van der Waals surface area (Å²) in [4.78, 5) is 28.6. The Bertz CT molecular complexity index is 881. The molecular weight excluding hydrogens is 372 g/mol. The van der Waals surface area contributed by atoms with E-state index < -0.39 is 0 Å². The Morgan fingerprint density at radius 1 is 1.03 bits per heavy atom. The fraction of sp³-hybridized carbons (Fsp3) is 0.364. The number of methoxy groups -OCH3 is 3. The van der Waals surface area contributed by atoms with Gasteiger partial charge in [0, 0.05) is 25.7 Å². The van der Waals surface area contributed by atoms with Gasteiger partial charge in [-0.1, -0.05) is 12.1 Å². The molecule has 0 radical (unpaired) electrons. The van der Waals surface area contributed by atoms with Crippen molar-refractivity contribution in [1.29, 1.82) is 0 Å². The maximum atomic E-state index is 13.1. The summed E-state index contributed by atoms with van der Waals surface area (Å²) in [5.74, 6) is 0.961. The van der Waals surface area contributed by atoms with Gasteiger partial charge in [0.2, 0.25) is 5.91 Å². The minimum absolute atomic E-state index is 0.00832. The van der Waals surface area contributed by atoms with Crippen LogP contribution >= 0.6 is 0 Å². The lowest BCUT2D eigenvalue weighted by molar-refractivity contribution is -0.125. The zero-order valence-corrected chi connectivity index (χ0v) is 17.2. The maximum absolute atomic E-state index is 13.1.